The second-order valence-electron chi connectivity index (χ2n) is 3.27. The van der Waals surface area contributed by atoms with Crippen molar-refractivity contribution in [2.75, 3.05) is 25.0 Å². The normalized spacial score (nSPS) is 9.94. The van der Waals surface area contributed by atoms with Crippen LogP contribution in [0.5, 0.6) is 0 Å². The molecule has 4 nitrogen and oxygen atoms in total. The number of pyridine rings is 1. The highest BCUT2D eigenvalue weighted by molar-refractivity contribution is 6.29. The predicted octanol–water partition coefficient (Wildman–Crippen LogP) is 2.02. The highest BCUT2D eigenvalue weighted by Crippen LogP contribution is 2.08. The summed E-state index contributed by atoms with van der Waals surface area (Å²) in [7, 11) is 0. The predicted molar refractivity (Wildman–Crippen MR) is 65.7 cm³/mol. The van der Waals surface area contributed by atoms with Gasteiger partial charge >= 0.3 is 0 Å². The van der Waals surface area contributed by atoms with Gasteiger partial charge in [0.2, 0.25) is 5.91 Å². The molecule has 0 aliphatic rings. The summed E-state index contributed by atoms with van der Waals surface area (Å²) in [6, 6.07) is 5.26. The third-order valence-corrected chi connectivity index (χ3v) is 2.46. The number of anilines is 1. The molecular formula is C11H16ClN3O. The first-order chi connectivity index (χ1) is 7.67. The summed E-state index contributed by atoms with van der Waals surface area (Å²) in [4.78, 5) is 17.5. The second kappa shape index (κ2) is 6.33. The number of rotatable bonds is 5. The van der Waals surface area contributed by atoms with Crippen LogP contribution in [-0.2, 0) is 4.79 Å². The average molecular weight is 242 g/mol. The molecule has 0 bridgehead atoms. The van der Waals surface area contributed by atoms with Crippen molar-refractivity contribution in [3.8, 4) is 0 Å². The van der Waals surface area contributed by atoms with Crippen molar-refractivity contribution >= 4 is 23.3 Å². The van der Waals surface area contributed by atoms with E-state index in [2.05, 4.69) is 10.3 Å². The molecule has 1 amide bonds. The highest BCUT2D eigenvalue weighted by atomic mass is 35.5. The van der Waals surface area contributed by atoms with Crippen molar-refractivity contribution in [2.45, 2.75) is 13.8 Å². The van der Waals surface area contributed by atoms with E-state index in [1.165, 1.54) is 0 Å². The van der Waals surface area contributed by atoms with Crippen molar-refractivity contribution in [1.82, 2.24) is 9.88 Å². The van der Waals surface area contributed by atoms with E-state index in [0.29, 0.717) is 11.0 Å². The molecule has 1 aromatic rings. The molecule has 0 aliphatic carbocycles. The van der Waals surface area contributed by atoms with Crippen LogP contribution in [0.3, 0.4) is 0 Å². The lowest BCUT2D eigenvalue weighted by Gasteiger charge is -2.18. The number of aromatic nitrogens is 1. The van der Waals surface area contributed by atoms with Gasteiger partial charge in [-0.3, -0.25) is 4.79 Å². The molecule has 0 unspecified atom stereocenters. The van der Waals surface area contributed by atoms with Crippen molar-refractivity contribution < 1.29 is 4.79 Å². The summed E-state index contributed by atoms with van der Waals surface area (Å²) < 4.78 is 0. The van der Waals surface area contributed by atoms with Gasteiger partial charge in [0.05, 0.1) is 6.54 Å². The molecule has 0 saturated heterocycles. The van der Waals surface area contributed by atoms with E-state index in [0.717, 1.165) is 13.1 Å². The average Bonchev–Trinajstić information content (AvgIpc) is 2.28. The molecule has 0 fully saturated rings. The van der Waals surface area contributed by atoms with E-state index >= 15 is 0 Å². The Morgan fingerprint density at radius 1 is 1.44 bits per heavy atom. The topological polar surface area (TPSA) is 45.2 Å². The van der Waals surface area contributed by atoms with Gasteiger partial charge in [-0.2, -0.15) is 0 Å². The van der Waals surface area contributed by atoms with Crippen LogP contribution in [0.15, 0.2) is 18.2 Å². The van der Waals surface area contributed by atoms with Gasteiger partial charge in [-0.15, -0.1) is 0 Å². The Labute approximate surface area is 101 Å². The molecule has 1 rings (SSSR count). The van der Waals surface area contributed by atoms with Gasteiger partial charge < -0.3 is 10.2 Å². The summed E-state index contributed by atoms with van der Waals surface area (Å²) in [5.74, 6) is 0.680. The molecule has 1 aromatic heterocycles. The zero-order valence-electron chi connectivity index (χ0n) is 9.53. The molecule has 1 heterocycles. The summed E-state index contributed by atoms with van der Waals surface area (Å²) in [5, 5.41) is 3.36. The molecular weight excluding hydrogens is 226 g/mol. The van der Waals surface area contributed by atoms with Crippen LogP contribution >= 0.6 is 11.6 Å². The van der Waals surface area contributed by atoms with Crippen LogP contribution in [0.25, 0.3) is 0 Å². The van der Waals surface area contributed by atoms with E-state index in [1.54, 1.807) is 23.1 Å². The maximum Gasteiger partial charge on any atom is 0.241 e. The van der Waals surface area contributed by atoms with Crippen LogP contribution in [0.1, 0.15) is 13.8 Å². The first kappa shape index (κ1) is 12.8. The number of hydrogen-bond donors (Lipinski definition) is 1. The van der Waals surface area contributed by atoms with Crippen molar-refractivity contribution in [2.24, 2.45) is 0 Å². The van der Waals surface area contributed by atoms with E-state index in [1.807, 2.05) is 13.8 Å². The fourth-order valence-electron chi connectivity index (χ4n) is 1.36. The standard InChI is InChI=1S/C11H16ClN3O/c1-3-15(4-2)11(16)8-13-10-7-5-6-9(12)14-10/h5-7H,3-4,8H2,1-2H3,(H,13,14). The lowest BCUT2D eigenvalue weighted by molar-refractivity contribution is -0.128. The highest BCUT2D eigenvalue weighted by Gasteiger charge is 2.08. The molecule has 0 saturated carbocycles. The fourth-order valence-corrected chi connectivity index (χ4v) is 1.52. The minimum absolute atomic E-state index is 0.0618. The van der Waals surface area contributed by atoms with E-state index in [4.69, 9.17) is 11.6 Å². The zero-order chi connectivity index (χ0) is 12.0. The second-order valence-corrected chi connectivity index (χ2v) is 3.65. The van der Waals surface area contributed by atoms with Gasteiger partial charge in [0, 0.05) is 13.1 Å². The van der Waals surface area contributed by atoms with Crippen molar-refractivity contribution in [3.63, 3.8) is 0 Å². The molecule has 0 spiro atoms. The molecule has 88 valence electrons. The number of nitrogens with one attached hydrogen (secondary N) is 1. The molecule has 16 heavy (non-hydrogen) atoms. The maximum atomic E-state index is 11.7. The van der Waals surface area contributed by atoms with Gasteiger partial charge in [-0.1, -0.05) is 17.7 Å². The number of carbonyl (C=O) groups excluding carboxylic acids is 1. The summed E-state index contributed by atoms with van der Waals surface area (Å²) in [6.45, 7) is 5.60. The lowest BCUT2D eigenvalue weighted by atomic mass is 10.4. The number of halogens is 1. The Balaban J connectivity index is 2.48. The third kappa shape index (κ3) is 3.70. The number of likely N-dealkylation sites (N-methyl/N-ethyl adjacent to an activating group) is 1. The smallest absolute Gasteiger partial charge is 0.241 e. The van der Waals surface area contributed by atoms with Crippen LogP contribution in [0, 0.1) is 0 Å². The van der Waals surface area contributed by atoms with Gasteiger partial charge in [-0.05, 0) is 26.0 Å². The number of hydrogen-bond acceptors (Lipinski definition) is 3. The monoisotopic (exact) mass is 241 g/mol. The molecule has 0 aromatic carbocycles. The first-order valence-electron chi connectivity index (χ1n) is 5.31. The van der Waals surface area contributed by atoms with E-state index < -0.39 is 0 Å². The first-order valence-corrected chi connectivity index (χ1v) is 5.69. The number of nitrogens with zero attached hydrogens (tertiary/aromatic N) is 2. The molecule has 0 atom stereocenters. The summed E-state index contributed by atoms with van der Waals surface area (Å²) in [6.07, 6.45) is 0. The number of amides is 1. The third-order valence-electron chi connectivity index (χ3n) is 2.25. The minimum Gasteiger partial charge on any atom is -0.361 e. The lowest BCUT2D eigenvalue weighted by Crippen LogP contribution is -2.35. The van der Waals surface area contributed by atoms with Crippen molar-refractivity contribution in [3.05, 3.63) is 23.4 Å². The summed E-state index contributed by atoms with van der Waals surface area (Å²) >= 11 is 5.73. The fraction of sp³-hybridized carbons (Fsp3) is 0.455. The number of carbonyl (C=O) groups is 1. The Hall–Kier alpha value is -1.29. The van der Waals surface area contributed by atoms with E-state index in [-0.39, 0.29) is 12.5 Å². The van der Waals surface area contributed by atoms with Gasteiger partial charge in [0.1, 0.15) is 11.0 Å². The minimum atomic E-state index is 0.0618. The molecule has 5 heteroatoms. The molecule has 0 aliphatic heterocycles. The van der Waals surface area contributed by atoms with Crippen LogP contribution < -0.4 is 5.32 Å². The van der Waals surface area contributed by atoms with Crippen LogP contribution in [0.4, 0.5) is 5.82 Å². The van der Waals surface area contributed by atoms with Crippen molar-refractivity contribution in [1.29, 1.82) is 0 Å². The summed E-state index contributed by atoms with van der Waals surface area (Å²) in [5.41, 5.74) is 0. The van der Waals surface area contributed by atoms with Gasteiger partial charge in [0.15, 0.2) is 0 Å². The molecule has 1 N–H and O–H groups in total. The van der Waals surface area contributed by atoms with Gasteiger partial charge in [0.25, 0.3) is 0 Å². The van der Waals surface area contributed by atoms with Crippen LogP contribution in [-0.4, -0.2) is 35.4 Å². The Morgan fingerprint density at radius 2 is 2.12 bits per heavy atom. The Bertz CT molecular complexity index is 353. The zero-order valence-corrected chi connectivity index (χ0v) is 10.3. The maximum absolute atomic E-state index is 11.7. The van der Waals surface area contributed by atoms with E-state index in [9.17, 15) is 4.79 Å². The van der Waals surface area contributed by atoms with Crippen LogP contribution in [0.2, 0.25) is 5.15 Å². The SMILES string of the molecule is CCN(CC)C(=O)CNc1cccc(Cl)n1. The quantitative estimate of drug-likeness (QED) is 0.803. The van der Waals surface area contributed by atoms with Gasteiger partial charge in [-0.25, -0.2) is 4.98 Å². The largest absolute Gasteiger partial charge is 0.361 e. The Morgan fingerprint density at radius 3 is 2.69 bits per heavy atom. The molecule has 0 radical (unpaired) electrons. The Kier molecular flexibility index (Phi) is 5.05.